The van der Waals surface area contributed by atoms with Gasteiger partial charge < -0.3 is 10.5 Å². The lowest BCUT2D eigenvalue weighted by Gasteiger charge is -2.09. The first-order valence-electron chi connectivity index (χ1n) is 6.38. The molecule has 3 rings (SSSR count). The highest BCUT2D eigenvalue weighted by molar-refractivity contribution is 6.30. The average molecular weight is 284 g/mol. The third-order valence-corrected chi connectivity index (χ3v) is 3.46. The summed E-state index contributed by atoms with van der Waals surface area (Å²) in [5.41, 5.74) is 7.49. The van der Waals surface area contributed by atoms with Crippen molar-refractivity contribution in [3.63, 3.8) is 0 Å². The van der Waals surface area contributed by atoms with E-state index in [1.807, 2.05) is 36.4 Å². The Hall–Kier alpha value is -2.19. The monoisotopic (exact) mass is 283 g/mol. The van der Waals surface area contributed by atoms with Crippen LogP contribution in [0.2, 0.25) is 5.02 Å². The molecule has 2 N–H and O–H groups in total. The van der Waals surface area contributed by atoms with Gasteiger partial charge in [0.25, 0.3) is 0 Å². The summed E-state index contributed by atoms with van der Waals surface area (Å²) in [6, 6.07) is 19.6. The molecule has 0 unspecified atom stereocenters. The van der Waals surface area contributed by atoms with Crippen LogP contribution >= 0.6 is 11.6 Å². The number of benzene rings is 3. The summed E-state index contributed by atoms with van der Waals surface area (Å²) in [7, 11) is 0. The average Bonchev–Trinajstić information content (AvgIpc) is 2.48. The molecule has 0 saturated heterocycles. The summed E-state index contributed by atoms with van der Waals surface area (Å²) in [4.78, 5) is 0. The molecule has 0 spiro atoms. The molecule has 0 aromatic heterocycles. The quantitative estimate of drug-likeness (QED) is 0.710. The van der Waals surface area contributed by atoms with Gasteiger partial charge in [0.15, 0.2) is 0 Å². The Labute approximate surface area is 122 Å². The van der Waals surface area contributed by atoms with E-state index in [0.717, 1.165) is 16.7 Å². The Bertz CT molecular complexity index is 755. The Balaban J connectivity index is 1.81. The first-order chi connectivity index (χ1) is 9.72. The third-order valence-electron chi connectivity index (χ3n) is 3.22. The lowest BCUT2D eigenvalue weighted by Crippen LogP contribution is -2.00. The molecule has 0 amide bonds. The summed E-state index contributed by atoms with van der Waals surface area (Å²) in [6.07, 6.45) is 0. The van der Waals surface area contributed by atoms with Gasteiger partial charge in [-0.25, -0.2) is 0 Å². The van der Waals surface area contributed by atoms with Crippen LogP contribution in [0.25, 0.3) is 10.8 Å². The maximum Gasteiger partial charge on any atom is 0.120 e. The van der Waals surface area contributed by atoms with Gasteiger partial charge >= 0.3 is 0 Å². The van der Waals surface area contributed by atoms with Gasteiger partial charge in [-0.15, -0.1) is 0 Å². The molecule has 0 aliphatic carbocycles. The van der Waals surface area contributed by atoms with Crippen molar-refractivity contribution < 1.29 is 4.74 Å². The predicted octanol–water partition coefficient (Wildman–Crippen LogP) is 4.65. The van der Waals surface area contributed by atoms with E-state index in [1.54, 1.807) is 12.1 Å². The van der Waals surface area contributed by atoms with Crippen molar-refractivity contribution in [3.05, 3.63) is 71.2 Å². The van der Waals surface area contributed by atoms with E-state index in [2.05, 4.69) is 12.1 Å². The number of rotatable bonds is 3. The fourth-order valence-electron chi connectivity index (χ4n) is 2.12. The zero-order valence-electron chi connectivity index (χ0n) is 10.8. The number of anilines is 1. The largest absolute Gasteiger partial charge is 0.489 e. The van der Waals surface area contributed by atoms with Crippen molar-refractivity contribution in [1.82, 2.24) is 0 Å². The molecule has 0 aliphatic heterocycles. The van der Waals surface area contributed by atoms with E-state index in [0.29, 0.717) is 17.3 Å². The van der Waals surface area contributed by atoms with Crippen LogP contribution in [-0.4, -0.2) is 0 Å². The highest BCUT2D eigenvalue weighted by atomic mass is 35.5. The van der Waals surface area contributed by atoms with Crippen molar-refractivity contribution in [1.29, 1.82) is 0 Å². The van der Waals surface area contributed by atoms with Crippen molar-refractivity contribution in [2.45, 2.75) is 6.61 Å². The molecule has 0 atom stereocenters. The van der Waals surface area contributed by atoms with E-state index < -0.39 is 0 Å². The first-order valence-corrected chi connectivity index (χ1v) is 6.76. The summed E-state index contributed by atoms with van der Waals surface area (Å²) in [5, 5.41) is 3.02. The zero-order valence-corrected chi connectivity index (χ0v) is 11.6. The molecule has 0 radical (unpaired) electrons. The first kappa shape index (κ1) is 12.8. The fourth-order valence-corrected chi connectivity index (χ4v) is 2.31. The van der Waals surface area contributed by atoms with Crippen LogP contribution in [0.5, 0.6) is 5.75 Å². The molecular weight excluding hydrogens is 270 g/mol. The molecule has 0 aliphatic rings. The molecule has 2 nitrogen and oxygen atoms in total. The number of ether oxygens (including phenoxy) is 1. The standard InChI is InChI=1S/C17H14ClNO/c18-15-6-8-17(19)14(9-15)11-20-16-7-5-12-3-1-2-4-13(12)10-16/h1-10H,11,19H2. The lowest BCUT2D eigenvalue weighted by atomic mass is 10.1. The maximum atomic E-state index is 5.97. The van der Waals surface area contributed by atoms with Gasteiger partial charge in [-0.05, 0) is 41.1 Å². The van der Waals surface area contributed by atoms with Crippen molar-refractivity contribution in [2.24, 2.45) is 0 Å². The Morgan fingerprint density at radius 1 is 0.900 bits per heavy atom. The Morgan fingerprint density at radius 3 is 2.55 bits per heavy atom. The second-order valence-electron chi connectivity index (χ2n) is 4.64. The van der Waals surface area contributed by atoms with Crippen LogP contribution in [0.15, 0.2) is 60.7 Å². The molecule has 20 heavy (non-hydrogen) atoms. The van der Waals surface area contributed by atoms with Gasteiger partial charge in [-0.2, -0.15) is 0 Å². The van der Waals surface area contributed by atoms with E-state index in [9.17, 15) is 0 Å². The number of halogens is 1. The van der Waals surface area contributed by atoms with E-state index in [1.165, 1.54) is 5.39 Å². The van der Waals surface area contributed by atoms with Crippen LogP contribution < -0.4 is 10.5 Å². The molecule has 100 valence electrons. The second-order valence-corrected chi connectivity index (χ2v) is 5.08. The van der Waals surface area contributed by atoms with Crippen molar-refractivity contribution in [2.75, 3.05) is 5.73 Å². The van der Waals surface area contributed by atoms with Crippen LogP contribution in [0.3, 0.4) is 0 Å². The topological polar surface area (TPSA) is 35.2 Å². The predicted molar refractivity (Wildman–Crippen MR) is 84.1 cm³/mol. The summed E-state index contributed by atoms with van der Waals surface area (Å²) in [6.45, 7) is 0.407. The van der Waals surface area contributed by atoms with Crippen LogP contribution in [-0.2, 0) is 6.61 Å². The summed E-state index contributed by atoms with van der Waals surface area (Å²) < 4.78 is 5.80. The number of hydrogen-bond donors (Lipinski definition) is 1. The van der Waals surface area contributed by atoms with Crippen LogP contribution in [0, 0.1) is 0 Å². The number of nitrogens with two attached hydrogens (primary N) is 1. The van der Waals surface area contributed by atoms with E-state index in [-0.39, 0.29) is 0 Å². The smallest absolute Gasteiger partial charge is 0.120 e. The normalized spacial score (nSPS) is 10.7. The molecular formula is C17H14ClNO. The number of fused-ring (bicyclic) bond motifs is 1. The van der Waals surface area contributed by atoms with Gasteiger partial charge in [0.05, 0.1) is 0 Å². The van der Waals surface area contributed by atoms with Gasteiger partial charge in [-0.1, -0.05) is 41.9 Å². The number of hydrogen-bond acceptors (Lipinski definition) is 2. The molecule has 0 bridgehead atoms. The van der Waals surface area contributed by atoms with Gasteiger partial charge in [-0.3, -0.25) is 0 Å². The summed E-state index contributed by atoms with van der Waals surface area (Å²) in [5.74, 6) is 0.822. The Kier molecular flexibility index (Phi) is 3.48. The summed E-state index contributed by atoms with van der Waals surface area (Å²) >= 11 is 5.97. The minimum Gasteiger partial charge on any atom is -0.489 e. The van der Waals surface area contributed by atoms with Gasteiger partial charge in [0.2, 0.25) is 0 Å². The highest BCUT2D eigenvalue weighted by Gasteiger charge is 2.02. The fraction of sp³-hybridized carbons (Fsp3) is 0.0588. The molecule has 0 saturated carbocycles. The third kappa shape index (κ3) is 2.70. The lowest BCUT2D eigenvalue weighted by molar-refractivity contribution is 0.307. The minimum atomic E-state index is 0.407. The van der Waals surface area contributed by atoms with Gasteiger partial charge in [0.1, 0.15) is 12.4 Å². The minimum absolute atomic E-state index is 0.407. The molecule has 3 heteroatoms. The number of nitrogen functional groups attached to an aromatic ring is 1. The second kappa shape index (κ2) is 5.43. The van der Waals surface area contributed by atoms with Gasteiger partial charge in [0, 0.05) is 16.3 Å². The zero-order chi connectivity index (χ0) is 13.9. The van der Waals surface area contributed by atoms with Crippen molar-refractivity contribution in [3.8, 4) is 5.75 Å². The Morgan fingerprint density at radius 2 is 1.70 bits per heavy atom. The van der Waals surface area contributed by atoms with E-state index in [4.69, 9.17) is 22.1 Å². The van der Waals surface area contributed by atoms with Crippen LogP contribution in [0.1, 0.15) is 5.56 Å². The molecule has 0 fully saturated rings. The SMILES string of the molecule is Nc1ccc(Cl)cc1COc1ccc2ccccc2c1. The maximum absolute atomic E-state index is 5.97. The van der Waals surface area contributed by atoms with Crippen molar-refractivity contribution >= 4 is 28.1 Å². The van der Waals surface area contributed by atoms with E-state index >= 15 is 0 Å². The molecule has 3 aromatic carbocycles. The highest BCUT2D eigenvalue weighted by Crippen LogP contribution is 2.23. The van der Waals surface area contributed by atoms with Crippen LogP contribution in [0.4, 0.5) is 5.69 Å². The molecule has 0 heterocycles. The molecule has 3 aromatic rings.